The molecule has 1 heterocycles. The smallest absolute Gasteiger partial charge is 0.223 e. The van der Waals surface area contributed by atoms with E-state index >= 15 is 0 Å². The Morgan fingerprint density at radius 2 is 2.00 bits per heavy atom. The summed E-state index contributed by atoms with van der Waals surface area (Å²) in [4.78, 5) is 12.1. The van der Waals surface area contributed by atoms with Crippen molar-refractivity contribution in [3.63, 3.8) is 0 Å². The first-order chi connectivity index (χ1) is 8.25. The van der Waals surface area contributed by atoms with Crippen molar-refractivity contribution in [2.45, 2.75) is 57.9 Å². The first-order valence-corrected chi connectivity index (χ1v) is 7.27. The van der Waals surface area contributed by atoms with Crippen molar-refractivity contribution in [2.24, 2.45) is 11.8 Å². The van der Waals surface area contributed by atoms with Gasteiger partial charge in [0, 0.05) is 18.5 Å². The van der Waals surface area contributed by atoms with Crippen LogP contribution in [0.4, 0.5) is 0 Å². The average molecular weight is 275 g/mol. The third-order valence-electron chi connectivity index (χ3n) is 4.25. The number of hydrogen-bond donors (Lipinski definition) is 2. The number of carbonyl (C=O) groups excluding carboxylic acids is 1. The minimum Gasteiger partial charge on any atom is -0.352 e. The topological polar surface area (TPSA) is 41.1 Å². The van der Waals surface area contributed by atoms with Crippen molar-refractivity contribution in [1.82, 2.24) is 10.6 Å². The second-order valence-corrected chi connectivity index (χ2v) is 5.84. The van der Waals surface area contributed by atoms with Crippen LogP contribution >= 0.6 is 12.4 Å². The summed E-state index contributed by atoms with van der Waals surface area (Å²) < 4.78 is 0. The van der Waals surface area contributed by atoms with Gasteiger partial charge < -0.3 is 10.6 Å². The van der Waals surface area contributed by atoms with Crippen molar-refractivity contribution < 1.29 is 4.79 Å². The van der Waals surface area contributed by atoms with Crippen molar-refractivity contribution in [1.29, 1.82) is 0 Å². The van der Waals surface area contributed by atoms with E-state index in [4.69, 9.17) is 0 Å². The van der Waals surface area contributed by atoms with Crippen LogP contribution in [0.1, 0.15) is 51.9 Å². The molecule has 1 aliphatic carbocycles. The molecular formula is C14H27ClN2O. The van der Waals surface area contributed by atoms with Crippen molar-refractivity contribution in [3.05, 3.63) is 0 Å². The van der Waals surface area contributed by atoms with Gasteiger partial charge in [-0.1, -0.05) is 32.6 Å². The Morgan fingerprint density at radius 3 is 2.61 bits per heavy atom. The van der Waals surface area contributed by atoms with Crippen LogP contribution in [0.25, 0.3) is 0 Å². The van der Waals surface area contributed by atoms with Crippen LogP contribution in [0.5, 0.6) is 0 Å². The lowest BCUT2D eigenvalue weighted by molar-refractivity contribution is -0.125. The summed E-state index contributed by atoms with van der Waals surface area (Å²) in [6, 6.07) is 0.363. The number of nitrogens with one attached hydrogen (secondary N) is 2. The minimum atomic E-state index is 0. The molecule has 18 heavy (non-hydrogen) atoms. The highest BCUT2D eigenvalue weighted by molar-refractivity contribution is 5.85. The Kier molecular flexibility index (Phi) is 7.02. The normalized spacial score (nSPS) is 26.4. The first kappa shape index (κ1) is 15.8. The monoisotopic (exact) mass is 274 g/mol. The number of amides is 1. The van der Waals surface area contributed by atoms with E-state index in [1.807, 2.05) is 0 Å². The van der Waals surface area contributed by atoms with Gasteiger partial charge in [-0.15, -0.1) is 12.4 Å². The van der Waals surface area contributed by atoms with E-state index in [2.05, 4.69) is 17.6 Å². The maximum absolute atomic E-state index is 12.1. The number of rotatable bonds is 4. The third-order valence-corrected chi connectivity index (χ3v) is 4.25. The van der Waals surface area contributed by atoms with Crippen LogP contribution in [-0.4, -0.2) is 25.0 Å². The highest BCUT2D eigenvalue weighted by Gasteiger charge is 2.23. The van der Waals surface area contributed by atoms with E-state index in [0.29, 0.717) is 6.04 Å². The van der Waals surface area contributed by atoms with E-state index in [0.717, 1.165) is 31.8 Å². The molecule has 2 unspecified atom stereocenters. The number of carbonyl (C=O) groups is 1. The molecule has 1 amide bonds. The predicted octanol–water partition coefficient (Wildman–Crippen LogP) is 2.49. The van der Waals surface area contributed by atoms with E-state index < -0.39 is 0 Å². The zero-order valence-corrected chi connectivity index (χ0v) is 12.2. The number of piperidine rings is 1. The van der Waals surface area contributed by atoms with Gasteiger partial charge in [0.05, 0.1) is 0 Å². The van der Waals surface area contributed by atoms with Crippen LogP contribution < -0.4 is 10.6 Å². The fourth-order valence-corrected chi connectivity index (χ4v) is 3.17. The van der Waals surface area contributed by atoms with Crippen LogP contribution in [0.3, 0.4) is 0 Å². The Balaban J connectivity index is 0.00000162. The van der Waals surface area contributed by atoms with E-state index in [1.165, 1.54) is 32.1 Å². The fourth-order valence-electron chi connectivity index (χ4n) is 3.17. The van der Waals surface area contributed by atoms with Crippen molar-refractivity contribution in [3.8, 4) is 0 Å². The highest BCUT2D eigenvalue weighted by atomic mass is 35.5. The van der Waals surface area contributed by atoms with Gasteiger partial charge in [-0.05, 0) is 31.7 Å². The van der Waals surface area contributed by atoms with Gasteiger partial charge in [-0.2, -0.15) is 0 Å². The molecule has 2 rings (SSSR count). The van der Waals surface area contributed by atoms with Gasteiger partial charge in [0.2, 0.25) is 5.91 Å². The van der Waals surface area contributed by atoms with Gasteiger partial charge in [0.15, 0.2) is 0 Å². The molecule has 2 fully saturated rings. The Hall–Kier alpha value is -0.280. The van der Waals surface area contributed by atoms with Gasteiger partial charge in [-0.25, -0.2) is 0 Å². The van der Waals surface area contributed by atoms with Gasteiger partial charge >= 0.3 is 0 Å². The maximum Gasteiger partial charge on any atom is 0.223 e. The third kappa shape index (κ3) is 4.77. The van der Waals surface area contributed by atoms with Gasteiger partial charge in [0.25, 0.3) is 0 Å². The summed E-state index contributed by atoms with van der Waals surface area (Å²) in [5, 5.41) is 6.53. The Morgan fingerprint density at radius 1 is 1.28 bits per heavy atom. The SMILES string of the molecule is CC(CC1CCCC1)C(=O)NC1CCCNC1.Cl. The molecule has 0 aromatic carbocycles. The molecule has 2 N–H and O–H groups in total. The Labute approximate surface area is 117 Å². The molecule has 1 aliphatic heterocycles. The summed E-state index contributed by atoms with van der Waals surface area (Å²) in [5.41, 5.74) is 0. The van der Waals surface area contributed by atoms with E-state index in [9.17, 15) is 4.79 Å². The summed E-state index contributed by atoms with van der Waals surface area (Å²) in [6.45, 7) is 4.13. The molecule has 0 aromatic heterocycles. The second-order valence-electron chi connectivity index (χ2n) is 5.84. The van der Waals surface area contributed by atoms with E-state index in [-0.39, 0.29) is 24.2 Å². The molecule has 0 bridgehead atoms. The molecule has 1 saturated carbocycles. The standard InChI is InChI=1S/C14H26N2O.ClH/c1-11(9-12-5-2-3-6-12)14(17)16-13-7-4-8-15-10-13;/h11-13,15H,2-10H2,1H3,(H,16,17);1H. The highest BCUT2D eigenvalue weighted by Crippen LogP contribution is 2.30. The van der Waals surface area contributed by atoms with Crippen LogP contribution in [0.2, 0.25) is 0 Å². The summed E-state index contributed by atoms with van der Waals surface area (Å²) in [5.74, 6) is 1.27. The van der Waals surface area contributed by atoms with Gasteiger partial charge in [-0.3, -0.25) is 4.79 Å². The molecule has 4 heteroatoms. The number of hydrogen-bond acceptors (Lipinski definition) is 2. The first-order valence-electron chi connectivity index (χ1n) is 7.27. The molecule has 2 aliphatic rings. The summed E-state index contributed by atoms with van der Waals surface area (Å²) in [6.07, 6.45) is 8.81. The summed E-state index contributed by atoms with van der Waals surface area (Å²) >= 11 is 0. The van der Waals surface area contributed by atoms with Crippen LogP contribution in [0, 0.1) is 11.8 Å². The quantitative estimate of drug-likeness (QED) is 0.827. The lowest BCUT2D eigenvalue weighted by Gasteiger charge is -2.26. The summed E-state index contributed by atoms with van der Waals surface area (Å²) in [7, 11) is 0. The minimum absolute atomic E-state index is 0. The van der Waals surface area contributed by atoms with Crippen LogP contribution in [0.15, 0.2) is 0 Å². The molecule has 1 saturated heterocycles. The molecule has 106 valence electrons. The van der Waals surface area contributed by atoms with Crippen LogP contribution in [-0.2, 0) is 4.79 Å². The largest absolute Gasteiger partial charge is 0.352 e. The van der Waals surface area contributed by atoms with Crippen molar-refractivity contribution >= 4 is 18.3 Å². The van der Waals surface area contributed by atoms with Gasteiger partial charge in [0.1, 0.15) is 0 Å². The maximum atomic E-state index is 12.1. The molecule has 0 radical (unpaired) electrons. The average Bonchev–Trinajstić information content (AvgIpc) is 2.83. The number of halogens is 1. The Bertz CT molecular complexity index is 248. The second kappa shape index (κ2) is 8.00. The zero-order chi connectivity index (χ0) is 12.1. The molecule has 0 spiro atoms. The zero-order valence-electron chi connectivity index (χ0n) is 11.4. The molecular weight excluding hydrogens is 248 g/mol. The van der Waals surface area contributed by atoms with Crippen molar-refractivity contribution in [2.75, 3.05) is 13.1 Å². The lowest BCUT2D eigenvalue weighted by Crippen LogP contribution is -2.47. The molecule has 3 nitrogen and oxygen atoms in total. The fraction of sp³-hybridized carbons (Fsp3) is 0.929. The predicted molar refractivity (Wildman–Crippen MR) is 77.0 cm³/mol. The lowest BCUT2D eigenvalue weighted by atomic mass is 9.93. The molecule has 0 aromatic rings. The van der Waals surface area contributed by atoms with E-state index in [1.54, 1.807) is 0 Å². The molecule has 2 atom stereocenters.